The molecule has 14 rings (SSSR count). The average molecular weight is 879 g/mol. The van der Waals surface area contributed by atoms with E-state index in [0.717, 1.165) is 55.8 Å². The molecule has 2 aromatic heterocycles. The minimum atomic E-state index is 0.898. The molecule has 69 heavy (non-hydrogen) atoms. The molecule has 0 aliphatic carbocycles. The molecule has 3 nitrogen and oxygen atoms in total. The number of aromatic nitrogens is 1. The van der Waals surface area contributed by atoms with E-state index in [2.05, 4.69) is 252 Å². The zero-order valence-corrected chi connectivity index (χ0v) is 37.6. The molecule has 0 radical (unpaired) electrons. The average Bonchev–Trinajstić information content (AvgIpc) is 3.98. The molecule has 12 aromatic carbocycles. The number of hydrogen-bond donors (Lipinski definition) is 0. The fourth-order valence-corrected chi connectivity index (χ4v) is 10.9. The molecular weight excluding hydrogens is 837 g/mol. The summed E-state index contributed by atoms with van der Waals surface area (Å²) in [6.45, 7) is 0. The number of rotatable bonds is 7. The first-order valence-electron chi connectivity index (χ1n) is 23.7. The van der Waals surface area contributed by atoms with Crippen molar-refractivity contribution in [2.24, 2.45) is 0 Å². The summed E-state index contributed by atoms with van der Waals surface area (Å²) in [5.41, 5.74) is 15.7. The normalized spacial score (nSPS) is 11.8. The maximum atomic E-state index is 6.28. The van der Waals surface area contributed by atoms with E-state index in [-0.39, 0.29) is 0 Å². The van der Waals surface area contributed by atoms with Crippen LogP contribution >= 0.6 is 0 Å². The predicted octanol–water partition coefficient (Wildman–Crippen LogP) is 18.6. The molecule has 0 atom stereocenters. The SMILES string of the molecule is c1ccc2c(c1)oc1cccc(-c3ccc(N(c4ccc(-c5ccc(-c6ccc(-n7c8ccccc8c8ccccc87)cc6)cc5)cc4)c4ccc5c6ccccc6c6ccccc6c5c4)cc3)c12. The molecule has 3 heteroatoms. The van der Waals surface area contributed by atoms with Crippen LogP contribution in [-0.2, 0) is 0 Å². The maximum Gasteiger partial charge on any atom is 0.136 e. The Morgan fingerprint density at radius 2 is 0.681 bits per heavy atom. The van der Waals surface area contributed by atoms with Gasteiger partial charge < -0.3 is 13.9 Å². The number of hydrogen-bond acceptors (Lipinski definition) is 2. The Labute approximate surface area is 399 Å². The van der Waals surface area contributed by atoms with Crippen molar-refractivity contribution >= 4 is 93.1 Å². The highest BCUT2D eigenvalue weighted by molar-refractivity contribution is 6.26. The van der Waals surface area contributed by atoms with Crippen molar-refractivity contribution in [3.8, 4) is 39.1 Å². The first-order valence-corrected chi connectivity index (χ1v) is 23.7. The van der Waals surface area contributed by atoms with Gasteiger partial charge in [0.25, 0.3) is 0 Å². The third-order valence-corrected chi connectivity index (χ3v) is 14.2. The molecule has 0 saturated heterocycles. The van der Waals surface area contributed by atoms with Crippen LogP contribution in [0.4, 0.5) is 17.1 Å². The van der Waals surface area contributed by atoms with Gasteiger partial charge in [0.1, 0.15) is 11.2 Å². The number of furan rings is 1. The summed E-state index contributed by atoms with van der Waals surface area (Å²) in [5, 5.41) is 12.4. The molecule has 0 amide bonds. The minimum absolute atomic E-state index is 0.898. The fourth-order valence-electron chi connectivity index (χ4n) is 10.9. The van der Waals surface area contributed by atoms with Crippen molar-refractivity contribution in [3.63, 3.8) is 0 Å². The molecule has 322 valence electrons. The van der Waals surface area contributed by atoms with Gasteiger partial charge in [-0.3, -0.25) is 0 Å². The van der Waals surface area contributed by atoms with Crippen LogP contribution in [0.3, 0.4) is 0 Å². The molecule has 14 aromatic rings. The van der Waals surface area contributed by atoms with Gasteiger partial charge in [-0.05, 0) is 138 Å². The van der Waals surface area contributed by atoms with E-state index in [4.69, 9.17) is 4.42 Å². The molecule has 0 N–H and O–H groups in total. The summed E-state index contributed by atoms with van der Waals surface area (Å²) in [4.78, 5) is 2.39. The first kappa shape index (κ1) is 39.0. The maximum absolute atomic E-state index is 6.28. The number of nitrogens with zero attached hydrogens (tertiary/aromatic N) is 2. The summed E-state index contributed by atoms with van der Waals surface area (Å²) < 4.78 is 8.65. The van der Waals surface area contributed by atoms with Crippen LogP contribution in [0.2, 0.25) is 0 Å². The van der Waals surface area contributed by atoms with Crippen LogP contribution in [0, 0.1) is 0 Å². The molecule has 2 heterocycles. The van der Waals surface area contributed by atoms with Crippen LogP contribution in [0.1, 0.15) is 0 Å². The number of anilines is 3. The van der Waals surface area contributed by atoms with Crippen molar-refractivity contribution in [1.29, 1.82) is 0 Å². The fraction of sp³-hybridized carbons (Fsp3) is 0. The Balaban J connectivity index is 0.824. The third-order valence-electron chi connectivity index (χ3n) is 14.2. The number of fused-ring (bicyclic) bond motifs is 12. The first-order chi connectivity index (χ1) is 34.2. The zero-order valence-electron chi connectivity index (χ0n) is 37.6. The lowest BCUT2D eigenvalue weighted by molar-refractivity contribution is 0.669. The Hall–Kier alpha value is -9.18. The van der Waals surface area contributed by atoms with E-state index < -0.39 is 0 Å². The zero-order chi connectivity index (χ0) is 45.4. The van der Waals surface area contributed by atoms with Gasteiger partial charge in [0, 0.05) is 44.3 Å². The Morgan fingerprint density at radius 1 is 0.275 bits per heavy atom. The second kappa shape index (κ2) is 15.7. The lowest BCUT2D eigenvalue weighted by Crippen LogP contribution is -2.10. The van der Waals surface area contributed by atoms with Crippen LogP contribution in [0.15, 0.2) is 259 Å². The summed E-state index contributed by atoms with van der Waals surface area (Å²) in [6.07, 6.45) is 0. The van der Waals surface area contributed by atoms with Crippen molar-refractivity contribution in [1.82, 2.24) is 4.57 Å². The summed E-state index contributed by atoms with van der Waals surface area (Å²) in [6, 6.07) is 92.4. The van der Waals surface area contributed by atoms with Crippen molar-refractivity contribution in [3.05, 3.63) is 255 Å². The summed E-state index contributed by atoms with van der Waals surface area (Å²) >= 11 is 0. The molecular formula is C66H42N2O. The molecule has 0 saturated carbocycles. The Bertz CT molecular complexity index is 4190. The van der Waals surface area contributed by atoms with Crippen LogP contribution in [0.5, 0.6) is 0 Å². The van der Waals surface area contributed by atoms with Crippen LogP contribution < -0.4 is 4.90 Å². The second-order valence-corrected chi connectivity index (χ2v) is 18.0. The van der Waals surface area contributed by atoms with Gasteiger partial charge in [-0.25, -0.2) is 0 Å². The van der Waals surface area contributed by atoms with E-state index in [9.17, 15) is 0 Å². The predicted molar refractivity (Wildman–Crippen MR) is 292 cm³/mol. The highest BCUT2D eigenvalue weighted by atomic mass is 16.3. The Kier molecular flexibility index (Phi) is 8.90. The van der Waals surface area contributed by atoms with E-state index in [0.29, 0.717) is 0 Å². The van der Waals surface area contributed by atoms with Crippen molar-refractivity contribution in [2.75, 3.05) is 4.90 Å². The van der Waals surface area contributed by atoms with Crippen molar-refractivity contribution in [2.45, 2.75) is 0 Å². The smallest absolute Gasteiger partial charge is 0.136 e. The topological polar surface area (TPSA) is 21.3 Å². The van der Waals surface area contributed by atoms with Gasteiger partial charge >= 0.3 is 0 Å². The highest BCUT2D eigenvalue weighted by Crippen LogP contribution is 2.43. The molecule has 0 aliphatic heterocycles. The minimum Gasteiger partial charge on any atom is -0.456 e. The van der Waals surface area contributed by atoms with Gasteiger partial charge in [0.15, 0.2) is 0 Å². The monoisotopic (exact) mass is 878 g/mol. The van der Waals surface area contributed by atoms with E-state index in [1.807, 2.05) is 12.1 Å². The summed E-state index contributed by atoms with van der Waals surface area (Å²) in [5.74, 6) is 0. The standard InChI is InChI=1S/C66H42N2O/c1-2-14-55-53(12-1)54-13-3-4-15-56(54)61-42-51(40-41-57(55)61)67(49-38-32-47(33-39-49)52-19-11-23-65-66(52)60-18-7-10-22-64(60)69-65)48-34-28-45(29-35-48)43-24-26-44(27-25-43)46-30-36-50(37-31-46)68-62-20-8-5-16-58(62)59-17-6-9-21-63(59)68/h1-42H. The van der Waals surface area contributed by atoms with E-state index >= 15 is 0 Å². The molecule has 0 aliphatic rings. The number of para-hydroxylation sites is 3. The van der Waals surface area contributed by atoms with Gasteiger partial charge in [0.05, 0.1) is 11.0 Å². The van der Waals surface area contributed by atoms with Crippen LogP contribution in [-0.4, -0.2) is 4.57 Å². The summed E-state index contributed by atoms with van der Waals surface area (Å²) in [7, 11) is 0. The number of benzene rings is 12. The van der Waals surface area contributed by atoms with Gasteiger partial charge in [-0.2, -0.15) is 0 Å². The lowest BCUT2D eigenvalue weighted by Gasteiger charge is -2.27. The quantitative estimate of drug-likeness (QED) is 0.149. The van der Waals surface area contributed by atoms with Gasteiger partial charge in [0.2, 0.25) is 0 Å². The highest BCUT2D eigenvalue weighted by Gasteiger charge is 2.18. The van der Waals surface area contributed by atoms with Gasteiger partial charge in [-0.15, -0.1) is 0 Å². The molecule has 0 fully saturated rings. The molecule has 0 unspecified atom stereocenters. The second-order valence-electron chi connectivity index (χ2n) is 18.0. The van der Waals surface area contributed by atoms with Crippen molar-refractivity contribution < 1.29 is 4.42 Å². The molecule has 0 bridgehead atoms. The van der Waals surface area contributed by atoms with E-state index in [1.165, 1.54) is 76.4 Å². The van der Waals surface area contributed by atoms with Gasteiger partial charge in [-0.1, -0.05) is 182 Å². The third kappa shape index (κ3) is 6.36. The largest absolute Gasteiger partial charge is 0.456 e. The van der Waals surface area contributed by atoms with E-state index in [1.54, 1.807) is 0 Å². The molecule has 0 spiro atoms. The lowest BCUT2D eigenvalue weighted by atomic mass is 9.94. The van der Waals surface area contributed by atoms with Crippen LogP contribution in [0.25, 0.3) is 115 Å². The Morgan fingerprint density at radius 3 is 1.25 bits per heavy atom.